The molecule has 4 atom stereocenters. The van der Waals surface area contributed by atoms with Gasteiger partial charge in [-0.1, -0.05) is 17.7 Å². The predicted octanol–water partition coefficient (Wildman–Crippen LogP) is 2.74. The topological polar surface area (TPSA) is 60.9 Å². The van der Waals surface area contributed by atoms with Crippen molar-refractivity contribution in [3.63, 3.8) is 0 Å². The largest absolute Gasteiger partial charge is 0.481 e. The van der Waals surface area contributed by atoms with Crippen molar-refractivity contribution in [3.05, 3.63) is 29.3 Å². The Kier molecular flexibility index (Phi) is 4.36. The van der Waals surface area contributed by atoms with Gasteiger partial charge in [-0.15, -0.1) is 0 Å². The van der Waals surface area contributed by atoms with Crippen LogP contribution in [-0.2, 0) is 9.59 Å². The molecule has 0 aromatic heterocycles. The number of nitrogens with zero attached hydrogens (tertiary/aromatic N) is 2. The Morgan fingerprint density at radius 1 is 1.04 bits per heavy atom. The summed E-state index contributed by atoms with van der Waals surface area (Å²) in [5.41, 5.74) is 1.07. The molecule has 6 heteroatoms. The molecule has 0 spiro atoms. The van der Waals surface area contributed by atoms with E-state index in [2.05, 4.69) is 4.90 Å². The van der Waals surface area contributed by atoms with Crippen LogP contribution in [0.25, 0.3) is 0 Å². The van der Waals surface area contributed by atoms with Gasteiger partial charge in [0.05, 0.1) is 11.8 Å². The van der Waals surface area contributed by atoms with Crippen LogP contribution in [0.5, 0.6) is 0 Å². The summed E-state index contributed by atoms with van der Waals surface area (Å²) < 4.78 is 0. The molecule has 4 rings (SSSR count). The fraction of sp³-hybridized carbons (Fsp3) is 0.579. The first-order chi connectivity index (χ1) is 12.0. The summed E-state index contributed by atoms with van der Waals surface area (Å²) in [5, 5.41) is 10.3. The molecule has 1 amide bonds. The van der Waals surface area contributed by atoms with Crippen LogP contribution in [0.1, 0.15) is 19.3 Å². The third kappa shape index (κ3) is 2.99. The van der Waals surface area contributed by atoms with E-state index in [1.165, 1.54) is 0 Å². The fourth-order valence-corrected chi connectivity index (χ4v) is 5.26. The molecule has 3 fully saturated rings. The van der Waals surface area contributed by atoms with Gasteiger partial charge in [0.2, 0.25) is 5.91 Å². The molecular weight excluding hydrogens is 340 g/mol. The first kappa shape index (κ1) is 16.7. The standard InChI is InChI=1S/C19H23ClN2O3/c20-14-2-1-3-15(11-14)21-6-8-22(9-7-21)18(23)16-12-4-5-13(10-12)17(16)19(24)25/h1-3,11-13,16-17H,4-10H2,(H,24,25)/t12-,13-,16-,17+/m0/s1. The Labute approximate surface area is 152 Å². The predicted molar refractivity (Wildman–Crippen MR) is 95.7 cm³/mol. The van der Waals surface area contributed by atoms with Crippen LogP contribution in [-0.4, -0.2) is 48.1 Å². The van der Waals surface area contributed by atoms with Crippen LogP contribution >= 0.6 is 11.6 Å². The zero-order chi connectivity index (χ0) is 17.6. The van der Waals surface area contributed by atoms with Gasteiger partial charge >= 0.3 is 5.97 Å². The van der Waals surface area contributed by atoms with Gasteiger partial charge in [0.25, 0.3) is 0 Å². The number of hydrogen-bond acceptors (Lipinski definition) is 3. The number of benzene rings is 1. The maximum absolute atomic E-state index is 13.0. The van der Waals surface area contributed by atoms with Crippen molar-refractivity contribution < 1.29 is 14.7 Å². The van der Waals surface area contributed by atoms with Gasteiger partial charge in [0.1, 0.15) is 0 Å². The number of carboxylic acids is 1. The van der Waals surface area contributed by atoms with Gasteiger partial charge in [0, 0.05) is 36.9 Å². The Bertz CT molecular complexity index is 687. The van der Waals surface area contributed by atoms with E-state index < -0.39 is 11.9 Å². The maximum atomic E-state index is 13.0. The van der Waals surface area contributed by atoms with Gasteiger partial charge in [-0.3, -0.25) is 9.59 Å². The zero-order valence-electron chi connectivity index (χ0n) is 14.1. The Morgan fingerprint density at radius 3 is 2.36 bits per heavy atom. The number of hydrogen-bond donors (Lipinski definition) is 1. The van der Waals surface area contributed by atoms with Crippen LogP contribution in [0.4, 0.5) is 5.69 Å². The lowest BCUT2D eigenvalue weighted by Gasteiger charge is -2.39. The van der Waals surface area contributed by atoms with E-state index in [1.54, 1.807) is 0 Å². The number of anilines is 1. The first-order valence-electron chi connectivity index (χ1n) is 9.06. The lowest BCUT2D eigenvalue weighted by molar-refractivity contribution is -0.153. The molecule has 2 aliphatic carbocycles. The van der Waals surface area contributed by atoms with Gasteiger partial charge in [-0.25, -0.2) is 0 Å². The third-order valence-corrected chi connectivity index (χ3v) is 6.49. The van der Waals surface area contributed by atoms with E-state index in [0.717, 1.165) is 38.0 Å². The fourth-order valence-electron chi connectivity index (χ4n) is 5.07. The number of carbonyl (C=O) groups is 2. The number of piperazine rings is 1. The van der Waals surface area contributed by atoms with Gasteiger partial charge in [0.15, 0.2) is 0 Å². The molecule has 1 aromatic carbocycles. The summed E-state index contributed by atoms with van der Waals surface area (Å²) in [6.07, 6.45) is 2.89. The van der Waals surface area contributed by atoms with E-state index >= 15 is 0 Å². The van der Waals surface area contributed by atoms with Crippen LogP contribution in [0, 0.1) is 23.7 Å². The molecule has 2 bridgehead atoms. The number of halogens is 1. The lowest BCUT2D eigenvalue weighted by Crippen LogP contribution is -2.52. The number of carbonyl (C=O) groups excluding carboxylic acids is 1. The van der Waals surface area contributed by atoms with Crippen molar-refractivity contribution in [3.8, 4) is 0 Å². The smallest absolute Gasteiger partial charge is 0.307 e. The molecule has 3 aliphatic rings. The average molecular weight is 363 g/mol. The second-order valence-corrected chi connectivity index (χ2v) is 7.95. The second kappa shape index (κ2) is 6.52. The van der Waals surface area contributed by atoms with Crippen LogP contribution < -0.4 is 4.90 Å². The second-order valence-electron chi connectivity index (χ2n) is 7.52. The normalized spacial score (nSPS) is 31.4. The van der Waals surface area contributed by atoms with Crippen molar-refractivity contribution in [2.45, 2.75) is 19.3 Å². The number of rotatable bonds is 3. The highest BCUT2D eigenvalue weighted by Gasteiger charge is 2.54. The Hall–Kier alpha value is -1.75. The molecule has 134 valence electrons. The van der Waals surface area contributed by atoms with E-state index in [0.29, 0.717) is 18.1 Å². The molecule has 1 heterocycles. The minimum atomic E-state index is -0.789. The highest BCUT2D eigenvalue weighted by Crippen LogP contribution is 2.53. The van der Waals surface area contributed by atoms with Crippen LogP contribution in [0.3, 0.4) is 0 Å². The van der Waals surface area contributed by atoms with Crippen molar-refractivity contribution >= 4 is 29.2 Å². The maximum Gasteiger partial charge on any atom is 0.307 e. The van der Waals surface area contributed by atoms with E-state index in [4.69, 9.17) is 11.6 Å². The summed E-state index contributed by atoms with van der Waals surface area (Å²) in [4.78, 5) is 28.8. The Morgan fingerprint density at radius 2 is 1.72 bits per heavy atom. The molecule has 2 saturated carbocycles. The van der Waals surface area contributed by atoms with Crippen molar-refractivity contribution in [2.24, 2.45) is 23.7 Å². The molecular formula is C19H23ClN2O3. The summed E-state index contributed by atoms with van der Waals surface area (Å²) in [6, 6.07) is 7.75. The molecule has 1 saturated heterocycles. The van der Waals surface area contributed by atoms with E-state index in [-0.39, 0.29) is 23.7 Å². The quantitative estimate of drug-likeness (QED) is 0.898. The average Bonchev–Trinajstić information content (AvgIpc) is 3.22. The zero-order valence-corrected chi connectivity index (χ0v) is 14.9. The molecule has 0 unspecified atom stereocenters. The van der Waals surface area contributed by atoms with Crippen molar-refractivity contribution in [2.75, 3.05) is 31.1 Å². The third-order valence-electron chi connectivity index (χ3n) is 6.25. The first-order valence-corrected chi connectivity index (χ1v) is 9.44. The van der Waals surface area contributed by atoms with Gasteiger partial charge in [-0.05, 0) is 49.3 Å². The molecule has 1 N–H and O–H groups in total. The molecule has 5 nitrogen and oxygen atoms in total. The van der Waals surface area contributed by atoms with Crippen molar-refractivity contribution in [1.29, 1.82) is 0 Å². The summed E-state index contributed by atoms with van der Waals surface area (Å²) in [5.74, 6) is -1.05. The minimum absolute atomic E-state index is 0.0605. The number of amides is 1. The molecule has 0 radical (unpaired) electrons. The lowest BCUT2D eigenvalue weighted by atomic mass is 9.78. The number of carboxylic acid groups (broad SMARTS) is 1. The Balaban J connectivity index is 1.42. The molecule has 1 aliphatic heterocycles. The minimum Gasteiger partial charge on any atom is -0.481 e. The SMILES string of the molecule is O=C(O)[C@@H]1[C@H]2CC[C@@H](C2)[C@@H]1C(=O)N1CCN(c2cccc(Cl)c2)CC1. The highest BCUT2D eigenvalue weighted by molar-refractivity contribution is 6.30. The summed E-state index contributed by atoms with van der Waals surface area (Å²) in [7, 11) is 0. The summed E-state index contributed by atoms with van der Waals surface area (Å²) in [6.45, 7) is 2.80. The monoisotopic (exact) mass is 362 g/mol. The molecule has 25 heavy (non-hydrogen) atoms. The van der Waals surface area contributed by atoms with E-state index in [1.807, 2.05) is 29.2 Å². The van der Waals surface area contributed by atoms with Gasteiger partial charge < -0.3 is 14.9 Å². The van der Waals surface area contributed by atoms with Crippen LogP contribution in [0.15, 0.2) is 24.3 Å². The number of aliphatic carboxylic acids is 1. The van der Waals surface area contributed by atoms with E-state index in [9.17, 15) is 14.7 Å². The number of fused-ring (bicyclic) bond motifs is 2. The van der Waals surface area contributed by atoms with Crippen LogP contribution in [0.2, 0.25) is 5.02 Å². The van der Waals surface area contributed by atoms with Crippen molar-refractivity contribution in [1.82, 2.24) is 4.90 Å². The summed E-state index contributed by atoms with van der Waals surface area (Å²) >= 11 is 6.06. The highest BCUT2D eigenvalue weighted by atomic mass is 35.5. The molecule has 1 aromatic rings. The van der Waals surface area contributed by atoms with Gasteiger partial charge in [-0.2, -0.15) is 0 Å².